The molecule has 0 aliphatic rings. The zero-order valence-corrected chi connectivity index (χ0v) is 8.68. The first kappa shape index (κ1) is 9.79. The Bertz CT molecular complexity index is 433. The average Bonchev–Trinajstić information content (AvgIpc) is 2.85. The number of aromatic nitrogens is 2. The quantitative estimate of drug-likeness (QED) is 0.817. The van der Waals surface area contributed by atoms with Crippen LogP contribution in [0.5, 0.6) is 5.75 Å². The summed E-state index contributed by atoms with van der Waals surface area (Å²) in [7, 11) is 3.41. The van der Waals surface area contributed by atoms with E-state index in [9.17, 15) is 0 Å². The Labute approximate surface area is 87.4 Å². The summed E-state index contributed by atoms with van der Waals surface area (Å²) in [6.07, 6.45) is 3.23. The molecule has 15 heavy (non-hydrogen) atoms. The van der Waals surface area contributed by atoms with Gasteiger partial charge in [-0.15, -0.1) is 0 Å². The average molecular weight is 207 g/mol. The predicted octanol–water partition coefficient (Wildman–Crippen LogP) is 1.07. The molecule has 1 atom stereocenters. The Hall–Kier alpha value is -1.75. The Morgan fingerprint density at radius 3 is 3.00 bits per heavy atom. The molecule has 0 bridgehead atoms. The minimum absolute atomic E-state index is 0.359. The highest BCUT2D eigenvalue weighted by molar-refractivity contribution is 5.32. The number of hydrogen-bond donors (Lipinski definition) is 1. The lowest BCUT2D eigenvalue weighted by Gasteiger charge is -2.11. The first-order valence-corrected chi connectivity index (χ1v) is 4.59. The number of ether oxygens (including phenoxy) is 1. The van der Waals surface area contributed by atoms with E-state index in [4.69, 9.17) is 14.9 Å². The van der Waals surface area contributed by atoms with Crippen molar-refractivity contribution in [1.29, 1.82) is 0 Å². The van der Waals surface area contributed by atoms with Gasteiger partial charge in [0.25, 0.3) is 0 Å². The van der Waals surface area contributed by atoms with Crippen molar-refractivity contribution in [2.45, 2.75) is 6.04 Å². The summed E-state index contributed by atoms with van der Waals surface area (Å²) in [6, 6.07) is 3.28. The fourth-order valence-corrected chi connectivity index (χ4v) is 1.54. The highest BCUT2D eigenvalue weighted by Crippen LogP contribution is 2.27. The molecule has 2 heterocycles. The molecule has 0 spiro atoms. The highest BCUT2D eigenvalue weighted by atomic mass is 16.5. The van der Waals surface area contributed by atoms with E-state index < -0.39 is 0 Å². The summed E-state index contributed by atoms with van der Waals surface area (Å²) in [5.41, 5.74) is 6.85. The molecule has 2 aromatic rings. The minimum Gasteiger partial charge on any atom is -0.493 e. The van der Waals surface area contributed by atoms with E-state index in [-0.39, 0.29) is 6.04 Å². The summed E-state index contributed by atoms with van der Waals surface area (Å²) >= 11 is 0. The normalized spacial score (nSPS) is 12.7. The third kappa shape index (κ3) is 1.61. The van der Waals surface area contributed by atoms with Gasteiger partial charge in [0.1, 0.15) is 17.5 Å². The molecule has 2 rings (SSSR count). The molecule has 0 saturated heterocycles. The van der Waals surface area contributed by atoms with Crippen LogP contribution in [0.2, 0.25) is 0 Å². The van der Waals surface area contributed by atoms with Gasteiger partial charge in [0.2, 0.25) is 0 Å². The van der Waals surface area contributed by atoms with E-state index in [1.165, 1.54) is 0 Å². The van der Waals surface area contributed by atoms with Gasteiger partial charge in [-0.1, -0.05) is 0 Å². The monoisotopic (exact) mass is 207 g/mol. The molecular weight excluding hydrogens is 194 g/mol. The van der Waals surface area contributed by atoms with Gasteiger partial charge in [0.15, 0.2) is 5.75 Å². The first-order chi connectivity index (χ1) is 7.24. The molecule has 0 amide bonds. The molecule has 0 radical (unpaired) electrons. The van der Waals surface area contributed by atoms with Crippen LogP contribution in [0.25, 0.3) is 0 Å². The van der Waals surface area contributed by atoms with Crippen LogP contribution < -0.4 is 10.5 Å². The van der Waals surface area contributed by atoms with E-state index >= 15 is 0 Å². The van der Waals surface area contributed by atoms with Gasteiger partial charge in [-0.3, -0.25) is 4.68 Å². The number of hydrogen-bond acceptors (Lipinski definition) is 4. The summed E-state index contributed by atoms with van der Waals surface area (Å²) in [5, 5.41) is 4.09. The van der Waals surface area contributed by atoms with Gasteiger partial charge in [-0.05, 0) is 12.1 Å². The van der Waals surface area contributed by atoms with Gasteiger partial charge in [-0.2, -0.15) is 5.10 Å². The van der Waals surface area contributed by atoms with Gasteiger partial charge < -0.3 is 14.9 Å². The van der Waals surface area contributed by atoms with E-state index in [2.05, 4.69) is 5.10 Å². The molecular formula is C10H13N3O2. The van der Waals surface area contributed by atoms with Crippen molar-refractivity contribution in [2.75, 3.05) is 7.11 Å². The van der Waals surface area contributed by atoms with Gasteiger partial charge >= 0.3 is 0 Å². The number of methoxy groups -OCH3 is 1. The summed E-state index contributed by atoms with van der Waals surface area (Å²) in [4.78, 5) is 0. The number of nitrogens with two attached hydrogens (primary N) is 1. The van der Waals surface area contributed by atoms with Crippen LogP contribution in [0.4, 0.5) is 0 Å². The van der Waals surface area contributed by atoms with Gasteiger partial charge in [0.05, 0.1) is 19.6 Å². The van der Waals surface area contributed by atoms with Crippen molar-refractivity contribution >= 4 is 0 Å². The van der Waals surface area contributed by atoms with Crippen molar-refractivity contribution in [3.63, 3.8) is 0 Å². The standard InChI is InChI=1S/C10H13N3O2/c1-13-10(8(14-2)6-12-13)9(11)7-4-3-5-15-7/h3-6,9H,11H2,1-2H3. The fourth-order valence-electron chi connectivity index (χ4n) is 1.54. The minimum atomic E-state index is -0.359. The predicted molar refractivity (Wildman–Crippen MR) is 54.5 cm³/mol. The largest absolute Gasteiger partial charge is 0.493 e. The van der Waals surface area contributed by atoms with Crippen LogP contribution in [0.3, 0.4) is 0 Å². The summed E-state index contributed by atoms with van der Waals surface area (Å²) < 4.78 is 12.1. The molecule has 1 unspecified atom stereocenters. The van der Waals surface area contributed by atoms with Crippen LogP contribution in [0, 0.1) is 0 Å². The van der Waals surface area contributed by atoms with Crippen molar-refractivity contribution in [2.24, 2.45) is 12.8 Å². The third-order valence-electron chi connectivity index (χ3n) is 2.31. The molecule has 0 saturated carbocycles. The second kappa shape index (κ2) is 3.78. The zero-order valence-electron chi connectivity index (χ0n) is 8.68. The molecule has 0 fully saturated rings. The number of furan rings is 1. The fraction of sp³-hybridized carbons (Fsp3) is 0.300. The van der Waals surface area contributed by atoms with Crippen LogP contribution in [0.15, 0.2) is 29.0 Å². The highest BCUT2D eigenvalue weighted by Gasteiger charge is 2.20. The third-order valence-corrected chi connectivity index (χ3v) is 2.31. The molecule has 2 N–H and O–H groups in total. The van der Waals surface area contributed by atoms with Crippen LogP contribution in [-0.2, 0) is 7.05 Å². The topological polar surface area (TPSA) is 66.2 Å². The summed E-state index contributed by atoms with van der Waals surface area (Å²) in [5.74, 6) is 1.36. The Kier molecular flexibility index (Phi) is 2.47. The second-order valence-electron chi connectivity index (χ2n) is 3.21. The van der Waals surface area contributed by atoms with Crippen LogP contribution >= 0.6 is 0 Å². The van der Waals surface area contributed by atoms with E-state index in [0.717, 1.165) is 5.69 Å². The maximum Gasteiger partial charge on any atom is 0.162 e. The SMILES string of the molecule is COc1cnn(C)c1C(N)c1ccco1. The van der Waals surface area contributed by atoms with Crippen molar-refractivity contribution in [3.8, 4) is 5.75 Å². The van der Waals surface area contributed by atoms with E-state index in [0.29, 0.717) is 11.5 Å². The number of nitrogens with zero attached hydrogens (tertiary/aromatic N) is 2. The second-order valence-corrected chi connectivity index (χ2v) is 3.21. The first-order valence-electron chi connectivity index (χ1n) is 4.59. The van der Waals surface area contributed by atoms with Crippen molar-refractivity contribution in [1.82, 2.24) is 9.78 Å². The maximum atomic E-state index is 6.05. The molecule has 0 aliphatic heterocycles. The maximum absolute atomic E-state index is 6.05. The van der Waals surface area contributed by atoms with Crippen LogP contribution in [0.1, 0.15) is 17.5 Å². The number of rotatable bonds is 3. The van der Waals surface area contributed by atoms with Crippen molar-refractivity contribution in [3.05, 3.63) is 36.0 Å². The molecule has 80 valence electrons. The lowest BCUT2D eigenvalue weighted by atomic mass is 10.1. The van der Waals surface area contributed by atoms with Crippen molar-refractivity contribution < 1.29 is 9.15 Å². The summed E-state index contributed by atoms with van der Waals surface area (Å²) in [6.45, 7) is 0. The van der Waals surface area contributed by atoms with Crippen LogP contribution in [-0.4, -0.2) is 16.9 Å². The van der Waals surface area contributed by atoms with Gasteiger partial charge in [-0.25, -0.2) is 0 Å². The molecule has 5 nitrogen and oxygen atoms in total. The zero-order chi connectivity index (χ0) is 10.8. The lowest BCUT2D eigenvalue weighted by molar-refractivity contribution is 0.399. The smallest absolute Gasteiger partial charge is 0.162 e. The Morgan fingerprint density at radius 1 is 1.60 bits per heavy atom. The lowest BCUT2D eigenvalue weighted by Crippen LogP contribution is -2.16. The Morgan fingerprint density at radius 2 is 2.40 bits per heavy atom. The molecule has 0 aliphatic carbocycles. The van der Waals surface area contributed by atoms with Gasteiger partial charge in [0, 0.05) is 7.05 Å². The van der Waals surface area contributed by atoms with E-state index in [1.54, 1.807) is 30.3 Å². The van der Waals surface area contributed by atoms with E-state index in [1.807, 2.05) is 13.1 Å². The molecule has 2 aromatic heterocycles. The number of aryl methyl sites for hydroxylation is 1. The Balaban J connectivity index is 2.40. The molecule has 0 aromatic carbocycles. The molecule has 5 heteroatoms.